The Morgan fingerprint density at radius 2 is 2.04 bits per heavy atom. The number of carboxylic acids is 1. The molecule has 0 amide bonds. The Labute approximate surface area is 144 Å². The molecule has 3 atom stereocenters. The van der Waals surface area contributed by atoms with Gasteiger partial charge >= 0.3 is 13.1 Å². The Morgan fingerprint density at radius 3 is 2.52 bits per heavy atom. The van der Waals surface area contributed by atoms with E-state index >= 15 is 0 Å². The van der Waals surface area contributed by atoms with Gasteiger partial charge in [0.1, 0.15) is 5.54 Å². The highest BCUT2D eigenvalue weighted by Crippen LogP contribution is 2.31. The second kappa shape index (κ2) is 8.66. The van der Waals surface area contributed by atoms with Crippen molar-refractivity contribution in [3.05, 3.63) is 0 Å². The maximum Gasteiger partial charge on any atom is 0.451 e. The third-order valence-corrected chi connectivity index (χ3v) is 5.66. The van der Waals surface area contributed by atoms with Crippen molar-refractivity contribution in [1.82, 2.24) is 9.03 Å². The van der Waals surface area contributed by atoms with Crippen molar-refractivity contribution in [3.8, 4) is 0 Å². The summed E-state index contributed by atoms with van der Waals surface area (Å²) in [4.78, 5) is 11.5. The maximum absolute atomic E-state index is 12.4. The fraction of sp³-hybridized carbons (Fsp3) is 0.909. The van der Waals surface area contributed by atoms with E-state index in [1.807, 2.05) is 4.72 Å². The van der Waals surface area contributed by atoms with E-state index in [4.69, 9.17) is 21.5 Å². The molecule has 1 heterocycles. The summed E-state index contributed by atoms with van der Waals surface area (Å²) in [5.74, 6) is -2.17. The SMILES string of the molecule is N[C@@H](CNS(=O)(=O)N1C[C@H](CCCB(O)O)[C@](N)(C(=O)O)C1)C(F)F. The van der Waals surface area contributed by atoms with Gasteiger partial charge in [-0.2, -0.15) is 12.7 Å². The van der Waals surface area contributed by atoms with Crippen molar-refractivity contribution in [2.45, 2.75) is 37.2 Å². The first-order valence-electron chi connectivity index (χ1n) is 7.57. The minimum atomic E-state index is -4.24. The summed E-state index contributed by atoms with van der Waals surface area (Å²) in [6, 6.07) is -1.69. The lowest BCUT2D eigenvalue weighted by molar-refractivity contribution is -0.144. The highest BCUT2D eigenvalue weighted by molar-refractivity contribution is 7.87. The lowest BCUT2D eigenvalue weighted by atomic mass is 9.78. The van der Waals surface area contributed by atoms with Gasteiger partial charge in [-0.3, -0.25) is 4.79 Å². The lowest BCUT2D eigenvalue weighted by Gasteiger charge is -2.25. The molecule has 0 aliphatic carbocycles. The molecule has 1 saturated heterocycles. The quantitative estimate of drug-likeness (QED) is 0.220. The lowest BCUT2D eigenvalue weighted by Crippen LogP contribution is -2.55. The second-order valence-corrected chi connectivity index (χ2v) is 7.85. The summed E-state index contributed by atoms with van der Waals surface area (Å²) >= 11 is 0. The van der Waals surface area contributed by atoms with Crippen molar-refractivity contribution >= 4 is 23.3 Å². The second-order valence-electron chi connectivity index (χ2n) is 6.10. The van der Waals surface area contributed by atoms with Crippen LogP contribution in [0.1, 0.15) is 12.8 Å². The van der Waals surface area contributed by atoms with Crippen molar-refractivity contribution in [2.75, 3.05) is 19.6 Å². The zero-order chi connectivity index (χ0) is 19.4. The van der Waals surface area contributed by atoms with Crippen LogP contribution < -0.4 is 16.2 Å². The van der Waals surface area contributed by atoms with E-state index in [-0.39, 0.29) is 25.7 Å². The maximum atomic E-state index is 12.4. The predicted molar refractivity (Wildman–Crippen MR) is 84.8 cm³/mol. The van der Waals surface area contributed by atoms with E-state index in [2.05, 4.69) is 0 Å². The van der Waals surface area contributed by atoms with Crippen LogP contribution in [0.2, 0.25) is 6.32 Å². The summed E-state index contributed by atoms with van der Waals surface area (Å²) < 4.78 is 51.8. The van der Waals surface area contributed by atoms with Crippen LogP contribution >= 0.6 is 0 Å². The van der Waals surface area contributed by atoms with Gasteiger partial charge in [0.25, 0.3) is 16.6 Å². The predicted octanol–water partition coefficient (Wildman–Crippen LogP) is -2.62. The standard InChI is InChI=1S/C11H23BF2N4O6S/c13-9(14)8(15)4-17-25(23,24)18-5-7(2-1-3-12(21)22)11(16,6-18)10(19)20/h7-9,17,21-22H,1-6,15-16H2,(H,19,20)/t7-,8-,11-/m0/s1. The smallest absolute Gasteiger partial charge is 0.451 e. The number of rotatable bonds is 10. The van der Waals surface area contributed by atoms with E-state index in [1.165, 1.54) is 0 Å². The van der Waals surface area contributed by atoms with Crippen molar-refractivity contribution in [1.29, 1.82) is 0 Å². The molecule has 0 saturated carbocycles. The Hall–Kier alpha value is -0.895. The normalized spacial score (nSPS) is 26.1. The highest BCUT2D eigenvalue weighted by atomic mass is 32.2. The van der Waals surface area contributed by atoms with Gasteiger partial charge in [0.2, 0.25) is 0 Å². The minimum Gasteiger partial charge on any atom is -0.480 e. The fourth-order valence-electron chi connectivity index (χ4n) is 2.60. The fourth-order valence-corrected chi connectivity index (χ4v) is 3.94. The largest absolute Gasteiger partial charge is 0.480 e. The van der Waals surface area contributed by atoms with Gasteiger partial charge in [0.15, 0.2) is 0 Å². The molecular weight excluding hydrogens is 365 g/mol. The van der Waals surface area contributed by atoms with Crippen molar-refractivity contribution in [3.63, 3.8) is 0 Å². The summed E-state index contributed by atoms with van der Waals surface area (Å²) in [5, 5.41) is 27.0. The Balaban J connectivity index is 2.80. The number of hydrogen-bond donors (Lipinski definition) is 6. The van der Waals surface area contributed by atoms with Crippen LogP contribution in [0.4, 0.5) is 8.78 Å². The van der Waals surface area contributed by atoms with Crippen LogP contribution in [0.15, 0.2) is 0 Å². The molecule has 146 valence electrons. The van der Waals surface area contributed by atoms with Gasteiger partial charge in [-0.1, -0.05) is 6.42 Å². The molecule has 0 aromatic carbocycles. The average Bonchev–Trinajstić information content (AvgIpc) is 2.84. The van der Waals surface area contributed by atoms with Crippen molar-refractivity contribution in [2.24, 2.45) is 17.4 Å². The Bertz CT molecular complexity index is 569. The first kappa shape index (κ1) is 22.1. The van der Waals surface area contributed by atoms with Gasteiger partial charge in [-0.05, 0) is 12.7 Å². The molecule has 25 heavy (non-hydrogen) atoms. The highest BCUT2D eigenvalue weighted by Gasteiger charge is 2.52. The van der Waals surface area contributed by atoms with Crippen LogP contribution in [0, 0.1) is 5.92 Å². The molecule has 0 aromatic rings. The van der Waals surface area contributed by atoms with E-state index in [9.17, 15) is 27.1 Å². The Morgan fingerprint density at radius 1 is 1.44 bits per heavy atom. The van der Waals surface area contributed by atoms with Gasteiger partial charge in [0, 0.05) is 25.6 Å². The zero-order valence-electron chi connectivity index (χ0n) is 13.4. The average molecular weight is 388 g/mol. The molecule has 0 aromatic heterocycles. The summed E-state index contributed by atoms with van der Waals surface area (Å²) in [5.41, 5.74) is 9.07. The van der Waals surface area contributed by atoms with E-state index in [1.54, 1.807) is 0 Å². The zero-order valence-corrected chi connectivity index (χ0v) is 14.2. The van der Waals surface area contributed by atoms with Gasteiger partial charge in [-0.15, -0.1) is 0 Å². The number of carboxylic acid groups (broad SMARTS) is 1. The number of aliphatic carboxylic acids is 1. The summed E-state index contributed by atoms with van der Waals surface area (Å²) in [7, 11) is -5.80. The van der Waals surface area contributed by atoms with Gasteiger partial charge in [0.05, 0.1) is 6.04 Å². The number of nitrogens with two attached hydrogens (primary N) is 2. The molecule has 8 N–H and O–H groups in total. The topological polar surface area (TPSA) is 179 Å². The third kappa shape index (κ3) is 5.81. The molecule has 0 unspecified atom stereocenters. The molecule has 0 bridgehead atoms. The first-order chi connectivity index (χ1) is 11.4. The van der Waals surface area contributed by atoms with E-state index in [0.717, 1.165) is 4.31 Å². The molecule has 1 aliphatic rings. The number of alkyl halides is 2. The molecule has 1 aliphatic heterocycles. The number of carbonyl (C=O) groups is 1. The van der Waals surface area contributed by atoms with E-state index in [0.29, 0.717) is 0 Å². The minimum absolute atomic E-state index is 0.0135. The monoisotopic (exact) mass is 388 g/mol. The van der Waals surface area contributed by atoms with Gasteiger partial charge < -0.3 is 26.6 Å². The van der Waals surface area contributed by atoms with Crippen LogP contribution in [0.5, 0.6) is 0 Å². The molecule has 14 heteroatoms. The summed E-state index contributed by atoms with van der Waals surface area (Å²) in [6.45, 7) is -1.47. The number of hydrogen-bond acceptors (Lipinski definition) is 7. The molecule has 0 radical (unpaired) electrons. The van der Waals surface area contributed by atoms with Gasteiger partial charge in [-0.25, -0.2) is 13.5 Å². The molecule has 10 nitrogen and oxygen atoms in total. The number of nitrogens with zero attached hydrogens (tertiary/aromatic N) is 1. The first-order valence-corrected chi connectivity index (χ1v) is 9.01. The number of nitrogens with one attached hydrogen (secondary N) is 1. The van der Waals surface area contributed by atoms with Crippen LogP contribution in [0.3, 0.4) is 0 Å². The van der Waals surface area contributed by atoms with Crippen molar-refractivity contribution < 1.29 is 37.1 Å². The van der Waals surface area contributed by atoms with Crippen LogP contribution in [-0.2, 0) is 15.0 Å². The van der Waals surface area contributed by atoms with Crippen LogP contribution in [-0.4, -0.2) is 78.6 Å². The molecular formula is C11H23BF2N4O6S. The molecule has 1 rings (SSSR count). The molecule has 0 spiro atoms. The van der Waals surface area contributed by atoms with Crippen LogP contribution in [0.25, 0.3) is 0 Å². The molecule has 1 fully saturated rings. The Kier molecular flexibility index (Phi) is 7.67. The summed E-state index contributed by atoms with van der Waals surface area (Å²) in [6.07, 6.45) is -2.54. The third-order valence-electron chi connectivity index (χ3n) is 4.17. The number of halogens is 2. The van der Waals surface area contributed by atoms with E-state index < -0.39 is 60.3 Å².